The minimum Gasteiger partial charge on any atom is -0.325 e. The van der Waals surface area contributed by atoms with Gasteiger partial charge < -0.3 is 5.32 Å². The lowest BCUT2D eigenvalue weighted by molar-refractivity contribution is -0.119. The van der Waals surface area contributed by atoms with Crippen molar-refractivity contribution in [2.24, 2.45) is 0 Å². The second kappa shape index (κ2) is 7.58. The number of rotatable bonds is 5. The van der Waals surface area contributed by atoms with E-state index in [9.17, 15) is 22.4 Å². The molecule has 0 spiro atoms. The fourth-order valence-electron chi connectivity index (χ4n) is 3.11. The van der Waals surface area contributed by atoms with Gasteiger partial charge in [0.25, 0.3) is 0 Å². The number of amides is 1. The SMILES string of the molecule is CC(=O)c1cccc(NC(=O)C2CCCN2S(=O)(=O)c2ccccc2F)c1. The van der Waals surface area contributed by atoms with Gasteiger partial charge in [-0.1, -0.05) is 24.3 Å². The Labute approximate surface area is 157 Å². The number of benzene rings is 2. The minimum absolute atomic E-state index is 0.141. The maximum absolute atomic E-state index is 14.0. The number of nitrogens with zero attached hydrogens (tertiary/aromatic N) is 1. The van der Waals surface area contributed by atoms with Gasteiger partial charge in [-0.05, 0) is 44.0 Å². The van der Waals surface area contributed by atoms with Gasteiger partial charge in [0, 0.05) is 17.8 Å². The van der Waals surface area contributed by atoms with Crippen molar-refractivity contribution in [3.8, 4) is 0 Å². The van der Waals surface area contributed by atoms with E-state index in [4.69, 9.17) is 0 Å². The maximum atomic E-state index is 14.0. The quantitative estimate of drug-likeness (QED) is 0.796. The smallest absolute Gasteiger partial charge is 0.246 e. The number of anilines is 1. The minimum atomic E-state index is -4.13. The molecule has 2 aromatic rings. The van der Waals surface area contributed by atoms with E-state index >= 15 is 0 Å². The van der Waals surface area contributed by atoms with Crippen molar-refractivity contribution in [2.45, 2.75) is 30.7 Å². The second-order valence-corrected chi connectivity index (χ2v) is 8.19. The van der Waals surface area contributed by atoms with Crippen molar-refractivity contribution in [1.29, 1.82) is 0 Å². The summed E-state index contributed by atoms with van der Waals surface area (Å²) in [5.74, 6) is -1.50. The number of hydrogen-bond acceptors (Lipinski definition) is 4. The van der Waals surface area contributed by atoms with Gasteiger partial charge in [0.2, 0.25) is 15.9 Å². The van der Waals surface area contributed by atoms with Crippen LogP contribution in [0.3, 0.4) is 0 Å². The number of carbonyl (C=O) groups is 2. The molecule has 6 nitrogen and oxygen atoms in total. The Hall–Kier alpha value is -2.58. The first-order valence-corrected chi connectivity index (χ1v) is 9.93. The van der Waals surface area contributed by atoms with Gasteiger partial charge >= 0.3 is 0 Å². The maximum Gasteiger partial charge on any atom is 0.246 e. The van der Waals surface area contributed by atoms with Crippen LogP contribution in [-0.2, 0) is 14.8 Å². The summed E-state index contributed by atoms with van der Waals surface area (Å²) >= 11 is 0. The average Bonchev–Trinajstić information content (AvgIpc) is 3.13. The van der Waals surface area contributed by atoms with Gasteiger partial charge in [-0.2, -0.15) is 4.31 Å². The van der Waals surface area contributed by atoms with Gasteiger partial charge in [-0.3, -0.25) is 9.59 Å². The van der Waals surface area contributed by atoms with Crippen LogP contribution < -0.4 is 5.32 Å². The Kier molecular flexibility index (Phi) is 5.38. The van der Waals surface area contributed by atoms with Crippen LogP contribution in [0.25, 0.3) is 0 Å². The highest BCUT2D eigenvalue weighted by Gasteiger charge is 2.40. The van der Waals surface area contributed by atoms with Crippen molar-refractivity contribution in [2.75, 3.05) is 11.9 Å². The van der Waals surface area contributed by atoms with Crippen LogP contribution in [0, 0.1) is 5.82 Å². The van der Waals surface area contributed by atoms with Gasteiger partial charge in [0.15, 0.2) is 5.78 Å². The third-order valence-electron chi connectivity index (χ3n) is 4.47. The van der Waals surface area contributed by atoms with E-state index in [-0.39, 0.29) is 12.3 Å². The molecule has 1 saturated heterocycles. The Bertz CT molecular complexity index is 991. The Morgan fingerprint density at radius 3 is 2.59 bits per heavy atom. The summed E-state index contributed by atoms with van der Waals surface area (Å²) in [5.41, 5.74) is 0.845. The molecule has 1 fully saturated rings. The highest BCUT2D eigenvalue weighted by atomic mass is 32.2. The molecule has 1 unspecified atom stereocenters. The van der Waals surface area contributed by atoms with Crippen LogP contribution >= 0.6 is 0 Å². The first-order valence-electron chi connectivity index (χ1n) is 8.49. The van der Waals surface area contributed by atoms with Crippen LogP contribution in [0.5, 0.6) is 0 Å². The van der Waals surface area contributed by atoms with Crippen LogP contribution in [0.1, 0.15) is 30.1 Å². The molecule has 0 aromatic heterocycles. The molecule has 2 aromatic carbocycles. The van der Waals surface area contributed by atoms with E-state index in [0.29, 0.717) is 24.1 Å². The molecule has 1 heterocycles. The van der Waals surface area contributed by atoms with Gasteiger partial charge in [-0.25, -0.2) is 12.8 Å². The number of Topliss-reactive ketones (excluding diaryl/α,β-unsaturated/α-hetero) is 1. The van der Waals surface area contributed by atoms with Crippen LogP contribution in [0.15, 0.2) is 53.4 Å². The first kappa shape index (κ1) is 19.2. The second-order valence-electron chi connectivity index (χ2n) is 6.33. The van der Waals surface area contributed by atoms with E-state index < -0.39 is 32.7 Å². The monoisotopic (exact) mass is 390 g/mol. The summed E-state index contributed by atoms with van der Waals surface area (Å²) in [6.45, 7) is 1.56. The summed E-state index contributed by atoms with van der Waals surface area (Å²) in [7, 11) is -4.13. The molecule has 1 aliphatic rings. The fraction of sp³-hybridized carbons (Fsp3) is 0.263. The molecule has 1 amide bonds. The summed E-state index contributed by atoms with van der Waals surface area (Å²) in [6.07, 6.45) is 0.838. The van der Waals surface area contributed by atoms with E-state index in [1.54, 1.807) is 18.2 Å². The molecule has 0 aliphatic carbocycles. The Balaban J connectivity index is 1.84. The zero-order valence-electron chi connectivity index (χ0n) is 14.7. The third-order valence-corrected chi connectivity index (χ3v) is 6.41. The number of carbonyl (C=O) groups excluding carboxylic acids is 2. The van der Waals surface area contributed by atoms with Crippen molar-refractivity contribution in [1.82, 2.24) is 4.31 Å². The predicted octanol–water partition coefficient (Wildman–Crippen LogP) is 2.82. The molecule has 0 bridgehead atoms. The van der Waals surface area contributed by atoms with Gasteiger partial charge in [0.05, 0.1) is 0 Å². The lowest BCUT2D eigenvalue weighted by atomic mass is 10.1. The summed E-state index contributed by atoms with van der Waals surface area (Å²) < 4.78 is 40.7. The normalized spacial score (nSPS) is 17.6. The first-order chi connectivity index (χ1) is 12.8. The molecule has 27 heavy (non-hydrogen) atoms. The summed E-state index contributed by atoms with van der Waals surface area (Å²) in [5, 5.41) is 2.66. The van der Waals surface area contributed by atoms with Crippen molar-refractivity contribution in [3.05, 3.63) is 59.9 Å². The lowest BCUT2D eigenvalue weighted by Crippen LogP contribution is -2.43. The zero-order valence-corrected chi connectivity index (χ0v) is 15.5. The molecule has 3 rings (SSSR count). The molecule has 142 valence electrons. The molecule has 1 atom stereocenters. The molecular weight excluding hydrogens is 371 g/mol. The zero-order chi connectivity index (χ0) is 19.6. The van der Waals surface area contributed by atoms with Crippen molar-refractivity contribution < 1.29 is 22.4 Å². The Morgan fingerprint density at radius 2 is 1.89 bits per heavy atom. The van der Waals surface area contributed by atoms with E-state index in [0.717, 1.165) is 10.4 Å². The number of ketones is 1. The van der Waals surface area contributed by atoms with Crippen molar-refractivity contribution in [3.63, 3.8) is 0 Å². The summed E-state index contributed by atoms with van der Waals surface area (Å²) in [6, 6.07) is 10.6. The molecular formula is C19H19FN2O4S. The topological polar surface area (TPSA) is 83.6 Å². The number of hydrogen-bond donors (Lipinski definition) is 1. The van der Waals surface area contributed by atoms with Gasteiger partial charge in [-0.15, -0.1) is 0 Å². The molecule has 8 heteroatoms. The van der Waals surface area contributed by atoms with Gasteiger partial charge in [0.1, 0.15) is 16.8 Å². The number of sulfonamides is 1. The standard InChI is InChI=1S/C19H19FN2O4S/c1-13(23)14-6-4-7-15(12-14)21-19(24)17-9-5-11-22(17)27(25,26)18-10-3-2-8-16(18)20/h2-4,6-8,10,12,17H,5,9,11H2,1H3,(H,21,24). The summed E-state index contributed by atoms with van der Waals surface area (Å²) in [4.78, 5) is 23.7. The highest BCUT2D eigenvalue weighted by molar-refractivity contribution is 7.89. The van der Waals surface area contributed by atoms with Crippen LogP contribution in [0.2, 0.25) is 0 Å². The lowest BCUT2D eigenvalue weighted by Gasteiger charge is -2.23. The van der Waals surface area contributed by atoms with E-state index in [2.05, 4.69) is 5.32 Å². The molecule has 0 radical (unpaired) electrons. The largest absolute Gasteiger partial charge is 0.325 e. The van der Waals surface area contributed by atoms with Crippen LogP contribution in [-0.4, -0.2) is 37.0 Å². The third kappa shape index (κ3) is 3.91. The molecule has 0 saturated carbocycles. The molecule has 1 aliphatic heterocycles. The predicted molar refractivity (Wildman–Crippen MR) is 98.4 cm³/mol. The highest BCUT2D eigenvalue weighted by Crippen LogP contribution is 2.28. The number of nitrogens with one attached hydrogen (secondary N) is 1. The van der Waals surface area contributed by atoms with Crippen molar-refractivity contribution >= 4 is 27.4 Å². The van der Waals surface area contributed by atoms with E-state index in [1.807, 2.05) is 0 Å². The molecule has 1 N–H and O–H groups in total. The average molecular weight is 390 g/mol. The Morgan fingerprint density at radius 1 is 1.15 bits per heavy atom. The van der Waals surface area contributed by atoms with E-state index in [1.165, 1.54) is 31.2 Å². The fourth-order valence-corrected chi connectivity index (χ4v) is 4.83. The van der Waals surface area contributed by atoms with Crippen LogP contribution in [0.4, 0.5) is 10.1 Å². The number of halogens is 1.